The van der Waals surface area contributed by atoms with E-state index in [0.717, 1.165) is 5.56 Å². The van der Waals surface area contributed by atoms with E-state index in [1.807, 2.05) is 48.5 Å². The van der Waals surface area contributed by atoms with Crippen molar-refractivity contribution in [2.24, 2.45) is 0 Å². The Balaban J connectivity index is 1.68. The zero-order chi connectivity index (χ0) is 17.0. The van der Waals surface area contributed by atoms with E-state index in [2.05, 4.69) is 0 Å². The van der Waals surface area contributed by atoms with Gasteiger partial charge in [-0.15, -0.1) is 5.06 Å². The van der Waals surface area contributed by atoms with E-state index in [-0.39, 0.29) is 11.8 Å². The number of carbonyl (C=O) groups excluding carboxylic acids is 2. The smallest absolute Gasteiger partial charge is 0.357 e. The van der Waals surface area contributed by atoms with E-state index < -0.39 is 5.41 Å². The first-order chi connectivity index (χ1) is 11.6. The normalized spacial score (nSPS) is 17.2. The standard InChI is InChI=1S/C20H21NO3/c1-16(22)20(18-10-6-3-7-11-18)12-14-21(15-13-20)24-19(23)17-8-4-2-5-9-17/h2-11H,12-15H2,1H3. The fraction of sp³-hybridized carbons (Fsp3) is 0.300. The summed E-state index contributed by atoms with van der Waals surface area (Å²) in [5.41, 5.74) is 1.10. The third kappa shape index (κ3) is 3.24. The molecule has 0 amide bonds. The first-order valence-corrected chi connectivity index (χ1v) is 8.21. The zero-order valence-electron chi connectivity index (χ0n) is 13.8. The molecule has 1 fully saturated rings. The van der Waals surface area contributed by atoms with E-state index in [9.17, 15) is 9.59 Å². The highest BCUT2D eigenvalue weighted by Crippen LogP contribution is 2.36. The summed E-state index contributed by atoms with van der Waals surface area (Å²) < 4.78 is 0. The lowest BCUT2D eigenvalue weighted by molar-refractivity contribution is -0.141. The second-order valence-corrected chi connectivity index (χ2v) is 6.18. The molecule has 4 heteroatoms. The molecule has 3 rings (SSSR count). The predicted octanol–water partition coefficient (Wildman–Crippen LogP) is 3.38. The van der Waals surface area contributed by atoms with Crippen molar-refractivity contribution < 1.29 is 14.4 Å². The Morgan fingerprint density at radius 2 is 1.46 bits per heavy atom. The minimum Gasteiger partial charge on any atom is -0.364 e. The molecule has 0 aromatic heterocycles. The molecule has 0 radical (unpaired) electrons. The van der Waals surface area contributed by atoms with Crippen molar-refractivity contribution in [3.8, 4) is 0 Å². The molecule has 2 aromatic rings. The van der Waals surface area contributed by atoms with Gasteiger partial charge in [-0.2, -0.15) is 0 Å². The molecular formula is C20H21NO3. The van der Waals surface area contributed by atoms with E-state index >= 15 is 0 Å². The lowest BCUT2D eigenvalue weighted by atomic mass is 9.70. The van der Waals surface area contributed by atoms with Crippen molar-refractivity contribution in [2.45, 2.75) is 25.2 Å². The average molecular weight is 323 g/mol. The number of hydrogen-bond acceptors (Lipinski definition) is 4. The Morgan fingerprint density at radius 3 is 2.00 bits per heavy atom. The highest BCUT2D eigenvalue weighted by atomic mass is 16.7. The van der Waals surface area contributed by atoms with Gasteiger partial charge in [0, 0.05) is 13.1 Å². The Bertz CT molecular complexity index is 704. The van der Waals surface area contributed by atoms with Crippen LogP contribution in [0.25, 0.3) is 0 Å². The monoisotopic (exact) mass is 323 g/mol. The van der Waals surface area contributed by atoms with Crippen LogP contribution in [0, 0.1) is 0 Å². The van der Waals surface area contributed by atoms with Crippen LogP contribution in [0.4, 0.5) is 0 Å². The Kier molecular flexibility index (Phi) is 4.76. The maximum Gasteiger partial charge on any atom is 0.357 e. The molecule has 0 N–H and O–H groups in total. The molecule has 0 atom stereocenters. The summed E-state index contributed by atoms with van der Waals surface area (Å²) >= 11 is 0. The van der Waals surface area contributed by atoms with Crippen molar-refractivity contribution in [3.05, 3.63) is 71.8 Å². The van der Waals surface area contributed by atoms with Crippen LogP contribution in [0.3, 0.4) is 0 Å². The molecule has 4 nitrogen and oxygen atoms in total. The number of carbonyl (C=O) groups is 2. The minimum atomic E-state index is -0.475. The number of piperidine rings is 1. The minimum absolute atomic E-state index is 0.169. The molecule has 1 heterocycles. The van der Waals surface area contributed by atoms with Crippen molar-refractivity contribution in [2.75, 3.05) is 13.1 Å². The van der Waals surface area contributed by atoms with Crippen LogP contribution in [0.1, 0.15) is 35.7 Å². The molecule has 24 heavy (non-hydrogen) atoms. The van der Waals surface area contributed by atoms with E-state index in [1.165, 1.54) is 0 Å². The van der Waals surface area contributed by atoms with Crippen LogP contribution >= 0.6 is 0 Å². The summed E-state index contributed by atoms with van der Waals surface area (Å²) in [6, 6.07) is 18.8. The van der Waals surface area contributed by atoms with Gasteiger partial charge < -0.3 is 4.84 Å². The van der Waals surface area contributed by atoms with E-state index in [1.54, 1.807) is 24.1 Å². The van der Waals surface area contributed by atoms with Crippen LogP contribution in [-0.2, 0) is 15.0 Å². The molecule has 1 aliphatic rings. The summed E-state index contributed by atoms with van der Waals surface area (Å²) in [7, 11) is 0. The molecule has 0 spiro atoms. The van der Waals surface area contributed by atoms with Gasteiger partial charge in [0.15, 0.2) is 0 Å². The molecule has 124 valence electrons. The molecule has 1 saturated heterocycles. The lowest BCUT2D eigenvalue weighted by Gasteiger charge is -2.39. The Morgan fingerprint density at radius 1 is 0.917 bits per heavy atom. The summed E-state index contributed by atoms with van der Waals surface area (Å²) in [6.07, 6.45) is 1.29. The highest BCUT2D eigenvalue weighted by molar-refractivity contribution is 5.89. The van der Waals surface area contributed by atoms with Gasteiger partial charge in [-0.25, -0.2) is 4.79 Å². The van der Waals surface area contributed by atoms with Crippen molar-refractivity contribution in [1.29, 1.82) is 0 Å². The maximum atomic E-state index is 12.3. The number of hydrogen-bond donors (Lipinski definition) is 0. The van der Waals surface area contributed by atoms with Gasteiger partial charge >= 0.3 is 5.97 Å². The summed E-state index contributed by atoms with van der Waals surface area (Å²) in [5.74, 6) is -0.187. The molecule has 0 bridgehead atoms. The quantitative estimate of drug-likeness (QED) is 0.865. The number of hydroxylamine groups is 2. The van der Waals surface area contributed by atoms with Crippen molar-refractivity contribution in [3.63, 3.8) is 0 Å². The van der Waals surface area contributed by atoms with E-state index in [4.69, 9.17) is 4.84 Å². The summed E-state index contributed by atoms with van der Waals surface area (Å²) in [6.45, 7) is 2.75. The SMILES string of the molecule is CC(=O)C1(c2ccccc2)CCN(OC(=O)c2ccccc2)CC1. The zero-order valence-corrected chi connectivity index (χ0v) is 13.8. The lowest BCUT2D eigenvalue weighted by Crippen LogP contribution is -2.47. The Labute approximate surface area is 142 Å². The largest absolute Gasteiger partial charge is 0.364 e. The third-order valence-electron chi connectivity index (χ3n) is 4.80. The van der Waals surface area contributed by atoms with Crippen LogP contribution in [0.2, 0.25) is 0 Å². The molecule has 0 aliphatic carbocycles. The van der Waals surface area contributed by atoms with Gasteiger partial charge in [0.2, 0.25) is 0 Å². The predicted molar refractivity (Wildman–Crippen MR) is 91.5 cm³/mol. The van der Waals surface area contributed by atoms with Gasteiger partial charge in [-0.1, -0.05) is 48.5 Å². The van der Waals surface area contributed by atoms with E-state index in [0.29, 0.717) is 31.5 Å². The van der Waals surface area contributed by atoms with Crippen LogP contribution in [-0.4, -0.2) is 29.9 Å². The molecule has 0 saturated carbocycles. The van der Waals surface area contributed by atoms with Gasteiger partial charge in [0.25, 0.3) is 0 Å². The fourth-order valence-electron chi connectivity index (χ4n) is 3.30. The maximum absolute atomic E-state index is 12.3. The summed E-state index contributed by atoms with van der Waals surface area (Å²) in [5, 5.41) is 1.67. The second kappa shape index (κ2) is 6.97. The van der Waals surface area contributed by atoms with Crippen molar-refractivity contribution in [1.82, 2.24) is 5.06 Å². The average Bonchev–Trinajstić information content (AvgIpc) is 2.63. The molecule has 1 aliphatic heterocycles. The summed E-state index contributed by atoms with van der Waals surface area (Å²) in [4.78, 5) is 30.0. The van der Waals surface area contributed by atoms with Crippen molar-refractivity contribution >= 4 is 11.8 Å². The number of Topliss-reactive ketones (excluding diaryl/α,β-unsaturated/α-hetero) is 1. The van der Waals surface area contributed by atoms with Gasteiger partial charge in [-0.3, -0.25) is 4.79 Å². The molecule has 0 unspecified atom stereocenters. The van der Waals surface area contributed by atoms with Gasteiger partial charge in [0.05, 0.1) is 11.0 Å². The van der Waals surface area contributed by atoms with Gasteiger partial charge in [0.1, 0.15) is 5.78 Å². The first-order valence-electron chi connectivity index (χ1n) is 8.21. The topological polar surface area (TPSA) is 46.6 Å². The molecular weight excluding hydrogens is 302 g/mol. The fourth-order valence-corrected chi connectivity index (χ4v) is 3.30. The Hall–Kier alpha value is -2.46. The highest BCUT2D eigenvalue weighted by Gasteiger charge is 2.41. The number of benzene rings is 2. The second-order valence-electron chi connectivity index (χ2n) is 6.18. The third-order valence-corrected chi connectivity index (χ3v) is 4.80. The number of rotatable bonds is 4. The first kappa shape index (κ1) is 16.4. The van der Waals surface area contributed by atoms with Crippen LogP contribution < -0.4 is 0 Å². The van der Waals surface area contributed by atoms with Crippen LogP contribution in [0.5, 0.6) is 0 Å². The molecule has 2 aromatic carbocycles. The number of ketones is 1. The number of nitrogens with zero attached hydrogens (tertiary/aromatic N) is 1. The van der Waals surface area contributed by atoms with Gasteiger partial charge in [-0.05, 0) is 37.5 Å². The van der Waals surface area contributed by atoms with Crippen LogP contribution in [0.15, 0.2) is 60.7 Å².